The molecule has 4 rings (SSSR count). The maximum absolute atomic E-state index is 13.0. The van der Waals surface area contributed by atoms with Gasteiger partial charge in [0.1, 0.15) is 6.54 Å². The second-order valence-corrected chi connectivity index (χ2v) is 8.62. The van der Waals surface area contributed by atoms with Gasteiger partial charge in [-0.1, -0.05) is 12.1 Å². The minimum absolute atomic E-state index is 0.133. The standard InChI is InChI=1S/C24H26N4O4S/c1-15-4-5-16(2)20(12-15)26-8-10-27(11-9-26)21(29)14-28-22(30)18-7-6-17(23(31)32-3)13-19(18)25-24(28)33/h4-7,12-13H,8-11,14H2,1-3H3,(H,25,33). The summed E-state index contributed by atoms with van der Waals surface area (Å²) in [5.74, 6) is -0.654. The van der Waals surface area contributed by atoms with Crippen LogP contribution in [-0.2, 0) is 16.1 Å². The molecular weight excluding hydrogens is 440 g/mol. The number of methoxy groups -OCH3 is 1. The van der Waals surface area contributed by atoms with Gasteiger partial charge >= 0.3 is 5.97 Å². The second-order valence-electron chi connectivity index (χ2n) is 8.23. The zero-order valence-corrected chi connectivity index (χ0v) is 19.7. The van der Waals surface area contributed by atoms with Gasteiger partial charge in [0, 0.05) is 31.9 Å². The lowest BCUT2D eigenvalue weighted by molar-refractivity contribution is -0.132. The van der Waals surface area contributed by atoms with Crippen LogP contribution in [0.15, 0.2) is 41.2 Å². The van der Waals surface area contributed by atoms with E-state index in [0.717, 1.165) is 13.1 Å². The Morgan fingerprint density at radius 3 is 2.48 bits per heavy atom. The van der Waals surface area contributed by atoms with E-state index in [1.165, 1.54) is 40.6 Å². The summed E-state index contributed by atoms with van der Waals surface area (Å²) in [6.45, 7) is 6.64. The molecule has 2 aromatic carbocycles. The van der Waals surface area contributed by atoms with Crippen molar-refractivity contribution < 1.29 is 14.3 Å². The first-order valence-corrected chi connectivity index (χ1v) is 11.1. The Kier molecular flexibility index (Phi) is 6.33. The number of benzene rings is 2. The number of nitrogens with zero attached hydrogens (tertiary/aromatic N) is 3. The topological polar surface area (TPSA) is 87.6 Å². The molecule has 3 aromatic rings. The number of esters is 1. The van der Waals surface area contributed by atoms with Crippen molar-refractivity contribution in [2.45, 2.75) is 20.4 Å². The van der Waals surface area contributed by atoms with E-state index in [2.05, 4.69) is 41.9 Å². The van der Waals surface area contributed by atoms with Crippen LogP contribution in [-0.4, -0.2) is 59.6 Å². The number of amides is 1. The van der Waals surface area contributed by atoms with Gasteiger partial charge in [-0.05, 0) is 61.5 Å². The average Bonchev–Trinajstić information content (AvgIpc) is 2.82. The number of carbonyl (C=O) groups is 2. The molecule has 0 unspecified atom stereocenters. The first kappa shape index (κ1) is 22.7. The number of H-pyrrole nitrogens is 1. The molecule has 1 aliphatic rings. The van der Waals surface area contributed by atoms with Crippen LogP contribution >= 0.6 is 12.2 Å². The molecular formula is C24H26N4O4S. The van der Waals surface area contributed by atoms with Gasteiger partial charge in [-0.15, -0.1) is 0 Å². The Morgan fingerprint density at radius 2 is 1.79 bits per heavy atom. The van der Waals surface area contributed by atoms with Crippen molar-refractivity contribution in [1.82, 2.24) is 14.5 Å². The van der Waals surface area contributed by atoms with Crippen molar-refractivity contribution in [1.29, 1.82) is 0 Å². The number of aryl methyl sites for hydroxylation is 2. The highest BCUT2D eigenvalue weighted by Crippen LogP contribution is 2.23. The summed E-state index contributed by atoms with van der Waals surface area (Å²) in [5.41, 5.74) is 3.99. The Hall–Kier alpha value is -3.46. The zero-order valence-electron chi connectivity index (χ0n) is 18.9. The van der Waals surface area contributed by atoms with E-state index in [-0.39, 0.29) is 22.8 Å². The Labute approximate surface area is 196 Å². The Balaban J connectivity index is 1.50. The van der Waals surface area contributed by atoms with E-state index in [4.69, 9.17) is 17.0 Å². The number of aromatic amines is 1. The number of ether oxygens (including phenoxy) is 1. The van der Waals surface area contributed by atoms with Gasteiger partial charge in [0.2, 0.25) is 5.91 Å². The monoisotopic (exact) mass is 466 g/mol. The van der Waals surface area contributed by atoms with E-state index < -0.39 is 5.97 Å². The summed E-state index contributed by atoms with van der Waals surface area (Å²) in [4.78, 5) is 44.8. The molecule has 0 radical (unpaired) electrons. The molecule has 33 heavy (non-hydrogen) atoms. The molecule has 1 aromatic heterocycles. The lowest BCUT2D eigenvalue weighted by atomic mass is 10.1. The molecule has 1 aliphatic heterocycles. The number of carbonyl (C=O) groups excluding carboxylic acids is 2. The summed E-state index contributed by atoms with van der Waals surface area (Å²) < 4.78 is 6.13. The van der Waals surface area contributed by atoms with Crippen molar-refractivity contribution >= 4 is 40.7 Å². The zero-order chi connectivity index (χ0) is 23.7. The van der Waals surface area contributed by atoms with Crippen LogP contribution in [0.3, 0.4) is 0 Å². The Morgan fingerprint density at radius 1 is 1.06 bits per heavy atom. The van der Waals surface area contributed by atoms with Gasteiger partial charge in [-0.2, -0.15) is 0 Å². The van der Waals surface area contributed by atoms with E-state index in [0.29, 0.717) is 29.6 Å². The van der Waals surface area contributed by atoms with Gasteiger partial charge in [-0.3, -0.25) is 14.2 Å². The van der Waals surface area contributed by atoms with Crippen molar-refractivity contribution in [3.8, 4) is 0 Å². The molecule has 8 nitrogen and oxygen atoms in total. The lowest BCUT2D eigenvalue weighted by Gasteiger charge is -2.37. The fourth-order valence-electron chi connectivity index (χ4n) is 4.14. The third-order valence-corrected chi connectivity index (χ3v) is 6.36. The van der Waals surface area contributed by atoms with Gasteiger partial charge in [0.05, 0.1) is 23.6 Å². The van der Waals surface area contributed by atoms with Crippen LogP contribution in [0.25, 0.3) is 10.9 Å². The SMILES string of the molecule is COC(=O)c1ccc2c(=O)n(CC(=O)N3CCN(c4cc(C)ccc4C)CC3)c(=S)[nH]c2c1. The van der Waals surface area contributed by atoms with Crippen LogP contribution in [0.4, 0.5) is 5.69 Å². The van der Waals surface area contributed by atoms with E-state index in [1.807, 2.05) is 0 Å². The van der Waals surface area contributed by atoms with Crippen molar-refractivity contribution in [2.75, 3.05) is 38.2 Å². The van der Waals surface area contributed by atoms with Gasteiger partial charge in [-0.25, -0.2) is 4.79 Å². The summed E-state index contributed by atoms with van der Waals surface area (Å²) >= 11 is 5.35. The number of anilines is 1. The highest BCUT2D eigenvalue weighted by Gasteiger charge is 2.23. The highest BCUT2D eigenvalue weighted by molar-refractivity contribution is 7.71. The predicted octanol–water partition coefficient (Wildman–Crippen LogP) is 2.81. The average molecular weight is 467 g/mol. The molecule has 1 saturated heterocycles. The molecule has 2 heterocycles. The number of nitrogens with one attached hydrogen (secondary N) is 1. The minimum atomic E-state index is -0.504. The second kappa shape index (κ2) is 9.19. The molecule has 0 bridgehead atoms. The lowest BCUT2D eigenvalue weighted by Crippen LogP contribution is -2.50. The summed E-state index contributed by atoms with van der Waals surface area (Å²) in [5, 5.41) is 0.351. The molecule has 0 atom stereocenters. The third kappa shape index (κ3) is 4.54. The number of aromatic nitrogens is 2. The molecule has 1 N–H and O–H groups in total. The van der Waals surface area contributed by atoms with Crippen molar-refractivity contribution in [3.63, 3.8) is 0 Å². The summed E-state index contributed by atoms with van der Waals surface area (Å²) in [6.07, 6.45) is 0. The largest absolute Gasteiger partial charge is 0.465 e. The predicted molar refractivity (Wildman–Crippen MR) is 129 cm³/mol. The van der Waals surface area contributed by atoms with Gasteiger partial charge in [0.15, 0.2) is 4.77 Å². The minimum Gasteiger partial charge on any atom is -0.465 e. The van der Waals surface area contributed by atoms with E-state index in [1.54, 1.807) is 11.0 Å². The summed E-state index contributed by atoms with van der Waals surface area (Å²) in [6, 6.07) is 11.0. The van der Waals surface area contributed by atoms with Gasteiger partial charge < -0.3 is 19.5 Å². The molecule has 0 saturated carbocycles. The number of rotatable bonds is 4. The highest BCUT2D eigenvalue weighted by atomic mass is 32.1. The van der Waals surface area contributed by atoms with E-state index >= 15 is 0 Å². The molecule has 9 heteroatoms. The van der Waals surface area contributed by atoms with Crippen LogP contribution in [0, 0.1) is 18.6 Å². The number of hydrogen-bond donors (Lipinski definition) is 1. The fourth-order valence-corrected chi connectivity index (χ4v) is 4.39. The molecule has 0 spiro atoms. The van der Waals surface area contributed by atoms with Crippen LogP contribution in [0.2, 0.25) is 0 Å². The normalized spacial score (nSPS) is 13.9. The quantitative estimate of drug-likeness (QED) is 0.470. The Bertz CT molecular complexity index is 1350. The maximum atomic E-state index is 13.0. The molecule has 172 valence electrons. The van der Waals surface area contributed by atoms with Crippen molar-refractivity contribution in [3.05, 3.63) is 68.2 Å². The van der Waals surface area contributed by atoms with Crippen molar-refractivity contribution in [2.24, 2.45) is 0 Å². The number of fused-ring (bicyclic) bond motifs is 1. The first-order chi connectivity index (χ1) is 15.8. The smallest absolute Gasteiger partial charge is 0.337 e. The van der Waals surface area contributed by atoms with Crippen LogP contribution < -0.4 is 10.5 Å². The number of hydrogen-bond acceptors (Lipinski definition) is 6. The van der Waals surface area contributed by atoms with Crippen LogP contribution in [0.1, 0.15) is 21.5 Å². The molecule has 0 aliphatic carbocycles. The van der Waals surface area contributed by atoms with E-state index in [9.17, 15) is 14.4 Å². The fraction of sp³-hybridized carbons (Fsp3) is 0.333. The molecule has 1 amide bonds. The third-order valence-electron chi connectivity index (χ3n) is 6.03. The number of piperazine rings is 1. The van der Waals surface area contributed by atoms with Crippen LogP contribution in [0.5, 0.6) is 0 Å². The summed E-state index contributed by atoms with van der Waals surface area (Å²) in [7, 11) is 1.29. The van der Waals surface area contributed by atoms with Gasteiger partial charge in [0.25, 0.3) is 5.56 Å². The molecule has 1 fully saturated rings. The maximum Gasteiger partial charge on any atom is 0.337 e. The first-order valence-electron chi connectivity index (χ1n) is 10.7.